The van der Waals surface area contributed by atoms with Crippen molar-refractivity contribution in [3.8, 4) is 0 Å². The zero-order valence-corrected chi connectivity index (χ0v) is 18.0. The van der Waals surface area contributed by atoms with Gasteiger partial charge in [0.15, 0.2) is 5.71 Å². The molecule has 0 amide bonds. The van der Waals surface area contributed by atoms with Crippen molar-refractivity contribution < 1.29 is 23.3 Å². The third-order valence-electron chi connectivity index (χ3n) is 6.44. The van der Waals surface area contributed by atoms with Crippen LogP contribution in [0.3, 0.4) is 0 Å². The summed E-state index contributed by atoms with van der Waals surface area (Å²) in [4.78, 5) is 10.2. The molecule has 3 atom stereocenters. The van der Waals surface area contributed by atoms with Crippen molar-refractivity contribution in [2.45, 2.75) is 31.2 Å². The summed E-state index contributed by atoms with van der Waals surface area (Å²) >= 11 is 0. The quantitative estimate of drug-likeness (QED) is 0.553. The van der Waals surface area contributed by atoms with Crippen LogP contribution in [0.15, 0.2) is 65.7 Å². The molecule has 0 aliphatic carbocycles. The van der Waals surface area contributed by atoms with Gasteiger partial charge in [-0.05, 0) is 24.0 Å². The first kappa shape index (κ1) is 21.4. The lowest BCUT2D eigenvalue weighted by atomic mass is 9.85. The van der Waals surface area contributed by atoms with Gasteiger partial charge in [-0.25, -0.2) is 8.78 Å². The Kier molecular flexibility index (Phi) is 5.51. The standard InChI is InChI=1S/C22H23F2N8O/c1-15(22(33,12-31-14-26-13-27-31)18-5-4-17(23)9-19(18)24)30-7-8-32-20(11-30)21(28-29-32)16-3-2-6-25-10-16/h2-6,9-10,13-15,21,33H,7-8,11-12H2,1H3/q+1/p+1/t15-,21?,22-/m1/s1. The normalized spacial score (nSPS) is 21.2. The number of hydrogen-bond donors (Lipinski definition) is 2. The van der Waals surface area contributed by atoms with Crippen LogP contribution in [0.5, 0.6) is 0 Å². The number of hydrogen-bond acceptors (Lipinski definition) is 6. The summed E-state index contributed by atoms with van der Waals surface area (Å²) in [6.07, 6.45) is 6.46. The number of halogens is 2. The van der Waals surface area contributed by atoms with E-state index in [1.54, 1.807) is 17.1 Å². The second-order valence-corrected chi connectivity index (χ2v) is 8.35. The first-order valence-electron chi connectivity index (χ1n) is 10.7. The van der Waals surface area contributed by atoms with Gasteiger partial charge in [0, 0.05) is 47.3 Å². The predicted molar refractivity (Wildman–Crippen MR) is 112 cm³/mol. The number of rotatable bonds is 6. The van der Waals surface area contributed by atoms with E-state index in [1.807, 2.05) is 23.7 Å². The van der Waals surface area contributed by atoms with Gasteiger partial charge in [0.2, 0.25) is 6.33 Å². The second-order valence-electron chi connectivity index (χ2n) is 8.35. The highest BCUT2D eigenvalue weighted by molar-refractivity contribution is 5.89. The lowest BCUT2D eigenvalue weighted by molar-refractivity contribution is -0.765. The smallest absolute Gasteiger partial charge is 0.306 e. The molecule has 0 saturated heterocycles. The Morgan fingerprint density at radius 1 is 1.30 bits per heavy atom. The first-order chi connectivity index (χ1) is 16.0. The van der Waals surface area contributed by atoms with Gasteiger partial charge < -0.3 is 5.11 Å². The van der Waals surface area contributed by atoms with Crippen LogP contribution in [0.25, 0.3) is 0 Å². The highest BCUT2D eigenvalue weighted by Gasteiger charge is 2.47. The summed E-state index contributed by atoms with van der Waals surface area (Å²) < 4.78 is 32.0. The largest absolute Gasteiger partial charge is 0.379 e. The molecule has 4 heterocycles. The minimum absolute atomic E-state index is 0.00699. The third-order valence-corrected chi connectivity index (χ3v) is 6.44. The van der Waals surface area contributed by atoms with Crippen LogP contribution in [0.1, 0.15) is 24.1 Å². The molecule has 9 nitrogen and oxygen atoms in total. The summed E-state index contributed by atoms with van der Waals surface area (Å²) in [6.45, 7) is 3.50. The highest BCUT2D eigenvalue weighted by atomic mass is 19.1. The maximum Gasteiger partial charge on any atom is 0.306 e. The number of nitrogens with zero attached hydrogens (tertiary/aromatic N) is 7. The lowest BCUT2D eigenvalue weighted by Crippen LogP contribution is -2.60. The molecule has 0 bridgehead atoms. The van der Waals surface area contributed by atoms with Crippen molar-refractivity contribution in [3.63, 3.8) is 0 Å². The molecule has 5 rings (SSSR count). The first-order valence-corrected chi connectivity index (χ1v) is 10.7. The Morgan fingerprint density at radius 2 is 2.18 bits per heavy atom. The minimum atomic E-state index is -1.67. The van der Waals surface area contributed by atoms with E-state index >= 15 is 0 Å². The van der Waals surface area contributed by atoms with Crippen LogP contribution < -0.4 is 4.68 Å². The predicted octanol–water partition coefficient (Wildman–Crippen LogP) is 1.54. The topological polar surface area (TPSA) is 96.7 Å². The van der Waals surface area contributed by atoms with Gasteiger partial charge in [0.25, 0.3) is 6.04 Å². The Bertz CT molecular complexity index is 1200. The average Bonchev–Trinajstić information content (AvgIpc) is 3.48. The Balaban J connectivity index is 1.47. The van der Waals surface area contributed by atoms with Crippen molar-refractivity contribution in [1.82, 2.24) is 20.0 Å². The van der Waals surface area contributed by atoms with E-state index in [0.717, 1.165) is 23.4 Å². The molecule has 2 aliphatic heterocycles. The molecule has 2 N–H and O–H groups in total. The summed E-state index contributed by atoms with van der Waals surface area (Å²) in [5.74, 6) is -1.49. The summed E-state index contributed by atoms with van der Waals surface area (Å²) in [7, 11) is 0. The zero-order valence-electron chi connectivity index (χ0n) is 18.0. The fourth-order valence-corrected chi connectivity index (χ4v) is 4.56. The Labute approximate surface area is 188 Å². The SMILES string of the molecule is C[C@@H](N1CC[N+]2=C(C1)C(c1cccnc1)N=N2)[C@](O)(C[n+]1cnc[nH]1)c1ccc(F)cc1F. The highest BCUT2D eigenvalue weighted by Crippen LogP contribution is 2.33. The molecular formula is C22H24F2N8O+2. The van der Waals surface area contributed by atoms with E-state index in [4.69, 9.17) is 0 Å². The van der Waals surface area contributed by atoms with Crippen LogP contribution in [-0.2, 0) is 12.1 Å². The van der Waals surface area contributed by atoms with Crippen LogP contribution in [0.4, 0.5) is 8.78 Å². The average molecular weight is 454 g/mol. The van der Waals surface area contributed by atoms with E-state index in [2.05, 4.69) is 30.3 Å². The zero-order chi connectivity index (χ0) is 23.0. The molecular weight excluding hydrogens is 430 g/mol. The fourth-order valence-electron chi connectivity index (χ4n) is 4.56. The molecule has 3 aromatic rings. The van der Waals surface area contributed by atoms with Crippen LogP contribution in [0.2, 0.25) is 0 Å². The van der Waals surface area contributed by atoms with E-state index in [1.165, 1.54) is 18.7 Å². The lowest BCUT2D eigenvalue weighted by Gasteiger charge is -2.41. The maximum atomic E-state index is 14.9. The molecule has 0 spiro atoms. The van der Waals surface area contributed by atoms with Gasteiger partial charge in [-0.15, -0.1) is 4.68 Å². The van der Waals surface area contributed by atoms with Crippen LogP contribution >= 0.6 is 0 Å². The molecule has 0 radical (unpaired) electrons. The number of H-pyrrole nitrogens is 1. The summed E-state index contributed by atoms with van der Waals surface area (Å²) in [6, 6.07) is 6.28. The maximum absolute atomic E-state index is 14.9. The second kappa shape index (κ2) is 8.49. The molecule has 1 aromatic carbocycles. The number of aromatic nitrogens is 4. The molecule has 170 valence electrons. The third kappa shape index (κ3) is 3.93. The van der Waals surface area contributed by atoms with E-state index in [0.29, 0.717) is 19.6 Å². The van der Waals surface area contributed by atoms with Gasteiger partial charge in [0.1, 0.15) is 35.5 Å². The monoisotopic (exact) mass is 454 g/mol. The molecule has 2 aromatic heterocycles. The van der Waals surface area contributed by atoms with Gasteiger partial charge in [-0.2, -0.15) is 9.78 Å². The van der Waals surface area contributed by atoms with Crippen molar-refractivity contribution >= 4 is 5.71 Å². The molecule has 1 unspecified atom stereocenters. The number of aromatic amines is 1. The molecule has 11 heteroatoms. The van der Waals surface area contributed by atoms with Crippen LogP contribution in [0, 0.1) is 11.6 Å². The van der Waals surface area contributed by atoms with Crippen molar-refractivity contribution in [2.24, 2.45) is 10.3 Å². The number of benzene rings is 1. The van der Waals surface area contributed by atoms with Gasteiger partial charge in [0.05, 0.1) is 6.54 Å². The minimum Gasteiger partial charge on any atom is -0.379 e. The van der Waals surface area contributed by atoms with Crippen molar-refractivity contribution in [2.75, 3.05) is 19.6 Å². The Morgan fingerprint density at radius 3 is 2.91 bits per heavy atom. The molecule has 2 aliphatic rings. The van der Waals surface area contributed by atoms with Crippen molar-refractivity contribution in [1.29, 1.82) is 0 Å². The van der Waals surface area contributed by atoms with Crippen LogP contribution in [-0.4, -0.2) is 61.1 Å². The van der Waals surface area contributed by atoms with Gasteiger partial charge in [-0.1, -0.05) is 12.1 Å². The molecule has 0 saturated carbocycles. The van der Waals surface area contributed by atoms with Gasteiger partial charge in [-0.3, -0.25) is 9.88 Å². The molecule has 0 fully saturated rings. The van der Waals surface area contributed by atoms with E-state index in [-0.39, 0.29) is 18.2 Å². The number of aliphatic hydroxyl groups is 1. The van der Waals surface area contributed by atoms with E-state index < -0.39 is 23.3 Å². The van der Waals surface area contributed by atoms with E-state index in [9.17, 15) is 13.9 Å². The number of nitrogens with one attached hydrogen (secondary N) is 1. The summed E-state index contributed by atoms with van der Waals surface area (Å²) in [5, 5.41) is 23.5. The summed E-state index contributed by atoms with van der Waals surface area (Å²) in [5.41, 5.74) is 0.253. The Hall–Kier alpha value is -3.44. The van der Waals surface area contributed by atoms with Gasteiger partial charge >= 0.3 is 6.33 Å². The number of pyridine rings is 1. The fraction of sp³-hybridized carbons (Fsp3) is 0.364. The van der Waals surface area contributed by atoms with Crippen molar-refractivity contribution in [3.05, 3.63) is 78.1 Å². The molecule has 33 heavy (non-hydrogen) atoms.